The van der Waals surface area contributed by atoms with Crippen LogP contribution in [0.3, 0.4) is 0 Å². The molecule has 25 heavy (non-hydrogen) atoms. The second-order valence-electron chi connectivity index (χ2n) is 5.42. The highest BCUT2D eigenvalue weighted by molar-refractivity contribution is 7.99. The number of benzene rings is 2. The zero-order chi connectivity index (χ0) is 17.2. The Kier molecular flexibility index (Phi) is 4.25. The lowest BCUT2D eigenvalue weighted by Gasteiger charge is -2.09. The van der Waals surface area contributed by atoms with Crippen LogP contribution in [0.5, 0.6) is 0 Å². The maximum Gasteiger partial charge on any atom is 0.189 e. The molecule has 0 radical (unpaired) electrons. The van der Waals surface area contributed by atoms with Crippen LogP contribution in [-0.4, -0.2) is 15.0 Å². The molecule has 0 bridgehead atoms. The molecule has 0 saturated carbocycles. The van der Waals surface area contributed by atoms with Crippen LogP contribution in [-0.2, 0) is 0 Å². The van der Waals surface area contributed by atoms with E-state index in [2.05, 4.69) is 39.3 Å². The Balaban J connectivity index is 1.64. The number of para-hydroxylation sites is 1. The van der Waals surface area contributed by atoms with E-state index in [0.29, 0.717) is 11.5 Å². The Labute approximate surface area is 153 Å². The van der Waals surface area contributed by atoms with Crippen LogP contribution in [0, 0.1) is 6.92 Å². The molecular weight excluding hydrogens is 350 g/mol. The lowest BCUT2D eigenvalue weighted by Crippen LogP contribution is -2.02. The minimum atomic E-state index is 0.521. The highest BCUT2D eigenvalue weighted by Gasteiger charge is 2.12. The molecule has 0 aliphatic carbocycles. The molecule has 4 aromatic rings. The molecule has 2 heterocycles. The number of thiazole rings is 1. The zero-order valence-electron chi connectivity index (χ0n) is 13.4. The van der Waals surface area contributed by atoms with E-state index < -0.39 is 0 Å². The Morgan fingerprint density at radius 2 is 1.88 bits per heavy atom. The van der Waals surface area contributed by atoms with Gasteiger partial charge in [0.05, 0.1) is 10.2 Å². The highest BCUT2D eigenvalue weighted by atomic mass is 32.2. The maximum atomic E-state index is 6.27. The number of hydrogen-bond donors (Lipinski definition) is 2. The van der Waals surface area contributed by atoms with Crippen LogP contribution in [0.25, 0.3) is 10.2 Å². The molecule has 0 unspecified atom stereocenters. The second-order valence-corrected chi connectivity index (χ2v) is 7.51. The molecule has 7 heteroatoms. The molecule has 0 amide bonds. The van der Waals surface area contributed by atoms with Crippen molar-refractivity contribution in [1.82, 2.24) is 15.0 Å². The van der Waals surface area contributed by atoms with E-state index >= 15 is 0 Å². The Morgan fingerprint density at radius 3 is 2.68 bits per heavy atom. The number of anilines is 3. The van der Waals surface area contributed by atoms with Crippen LogP contribution in [0.2, 0.25) is 0 Å². The summed E-state index contributed by atoms with van der Waals surface area (Å²) in [6.45, 7) is 2.06. The van der Waals surface area contributed by atoms with Crippen molar-refractivity contribution in [3.8, 4) is 0 Å². The highest BCUT2D eigenvalue weighted by Crippen LogP contribution is 2.35. The first-order valence-corrected chi connectivity index (χ1v) is 9.30. The molecule has 0 spiro atoms. The van der Waals surface area contributed by atoms with Gasteiger partial charge in [0.15, 0.2) is 10.9 Å². The molecule has 2 aromatic heterocycles. The SMILES string of the molecule is Cc1cccc2sc(Nc3ncnc(Sc4ccccc4)c3N)nc12. The van der Waals surface area contributed by atoms with Crippen molar-refractivity contribution in [2.24, 2.45) is 0 Å². The fourth-order valence-corrected chi connectivity index (χ4v) is 4.17. The summed E-state index contributed by atoms with van der Waals surface area (Å²) in [4.78, 5) is 14.3. The number of aromatic nitrogens is 3. The lowest BCUT2D eigenvalue weighted by molar-refractivity contribution is 1.06. The molecule has 0 atom stereocenters. The summed E-state index contributed by atoms with van der Waals surface area (Å²) in [6, 6.07) is 16.2. The molecule has 3 N–H and O–H groups in total. The molecule has 5 nitrogen and oxygen atoms in total. The van der Waals surface area contributed by atoms with Gasteiger partial charge in [0.2, 0.25) is 0 Å². The van der Waals surface area contributed by atoms with E-state index in [1.165, 1.54) is 18.1 Å². The Hall–Kier alpha value is -2.64. The summed E-state index contributed by atoms with van der Waals surface area (Å²) in [5, 5.41) is 4.72. The summed E-state index contributed by atoms with van der Waals surface area (Å²) in [6.07, 6.45) is 1.52. The van der Waals surface area contributed by atoms with Crippen molar-refractivity contribution in [1.29, 1.82) is 0 Å². The summed E-state index contributed by atoms with van der Waals surface area (Å²) in [5.74, 6) is 0.574. The number of nitrogen functional groups attached to an aromatic ring is 1. The summed E-state index contributed by atoms with van der Waals surface area (Å²) >= 11 is 3.09. The van der Waals surface area contributed by atoms with Gasteiger partial charge in [0.25, 0.3) is 0 Å². The van der Waals surface area contributed by atoms with Gasteiger partial charge < -0.3 is 11.1 Å². The first-order valence-electron chi connectivity index (χ1n) is 7.67. The second kappa shape index (κ2) is 6.70. The van der Waals surface area contributed by atoms with Gasteiger partial charge in [0, 0.05) is 4.90 Å². The minimum absolute atomic E-state index is 0.521. The average molecular weight is 365 g/mol. The van der Waals surface area contributed by atoms with Gasteiger partial charge in [-0.1, -0.05) is 53.4 Å². The van der Waals surface area contributed by atoms with Crippen molar-refractivity contribution in [3.05, 3.63) is 60.4 Å². The van der Waals surface area contributed by atoms with Crippen LogP contribution in [0.15, 0.2) is 64.8 Å². The third-order valence-electron chi connectivity index (χ3n) is 3.65. The fraction of sp³-hybridized carbons (Fsp3) is 0.0556. The third kappa shape index (κ3) is 3.29. The van der Waals surface area contributed by atoms with Gasteiger partial charge in [-0.25, -0.2) is 15.0 Å². The lowest BCUT2D eigenvalue weighted by atomic mass is 10.2. The molecular formula is C18H15N5S2. The van der Waals surface area contributed by atoms with E-state index in [1.54, 1.807) is 11.3 Å². The van der Waals surface area contributed by atoms with E-state index in [9.17, 15) is 0 Å². The number of hydrogen-bond acceptors (Lipinski definition) is 7. The van der Waals surface area contributed by atoms with Gasteiger partial charge in [-0.05, 0) is 30.7 Å². The van der Waals surface area contributed by atoms with Crippen molar-refractivity contribution < 1.29 is 0 Å². The molecule has 0 aliphatic heterocycles. The number of nitrogens with two attached hydrogens (primary N) is 1. The summed E-state index contributed by atoms with van der Waals surface area (Å²) in [7, 11) is 0. The van der Waals surface area contributed by atoms with Crippen LogP contribution >= 0.6 is 23.1 Å². The van der Waals surface area contributed by atoms with E-state index in [4.69, 9.17) is 5.73 Å². The first-order chi connectivity index (χ1) is 12.2. The largest absolute Gasteiger partial charge is 0.394 e. The monoisotopic (exact) mass is 365 g/mol. The predicted molar refractivity (Wildman–Crippen MR) is 105 cm³/mol. The number of fused-ring (bicyclic) bond motifs is 1. The molecule has 4 rings (SSSR count). The van der Waals surface area contributed by atoms with Gasteiger partial charge in [0.1, 0.15) is 17.0 Å². The Bertz CT molecular complexity index is 1030. The molecule has 0 aliphatic rings. The topological polar surface area (TPSA) is 76.7 Å². The number of aryl methyl sites for hydroxylation is 1. The quantitative estimate of drug-likeness (QED) is 0.502. The van der Waals surface area contributed by atoms with Crippen molar-refractivity contribution in [3.63, 3.8) is 0 Å². The zero-order valence-corrected chi connectivity index (χ0v) is 15.1. The fourth-order valence-electron chi connectivity index (χ4n) is 2.40. The number of nitrogens with one attached hydrogen (secondary N) is 1. The van der Waals surface area contributed by atoms with Crippen molar-refractivity contribution >= 4 is 50.0 Å². The van der Waals surface area contributed by atoms with Gasteiger partial charge in [-0.2, -0.15) is 0 Å². The normalized spacial score (nSPS) is 10.9. The van der Waals surface area contributed by atoms with Crippen molar-refractivity contribution in [2.75, 3.05) is 11.1 Å². The molecule has 2 aromatic carbocycles. The average Bonchev–Trinajstić information content (AvgIpc) is 3.03. The molecule has 124 valence electrons. The number of nitrogens with zero attached hydrogens (tertiary/aromatic N) is 3. The van der Waals surface area contributed by atoms with Crippen LogP contribution in [0.4, 0.5) is 16.6 Å². The molecule has 0 saturated heterocycles. The van der Waals surface area contributed by atoms with E-state index in [1.807, 2.05) is 36.4 Å². The van der Waals surface area contributed by atoms with Crippen molar-refractivity contribution in [2.45, 2.75) is 16.8 Å². The smallest absolute Gasteiger partial charge is 0.189 e. The predicted octanol–water partition coefficient (Wildman–Crippen LogP) is 4.87. The minimum Gasteiger partial charge on any atom is -0.394 e. The standard InChI is InChI=1S/C18H15N5S2/c1-11-6-5-9-13-15(11)22-18(25-13)23-16-14(19)17(21-10-20-16)24-12-7-3-2-4-8-12/h2-10H,19H2,1H3,(H,20,21,22,23). The Morgan fingerprint density at radius 1 is 1.04 bits per heavy atom. The van der Waals surface area contributed by atoms with Gasteiger partial charge in [-0.15, -0.1) is 0 Å². The number of rotatable bonds is 4. The maximum absolute atomic E-state index is 6.27. The van der Waals surface area contributed by atoms with Crippen LogP contribution < -0.4 is 11.1 Å². The first kappa shape index (κ1) is 15.9. The van der Waals surface area contributed by atoms with E-state index in [-0.39, 0.29) is 0 Å². The van der Waals surface area contributed by atoms with Gasteiger partial charge in [-0.3, -0.25) is 0 Å². The third-order valence-corrected chi connectivity index (χ3v) is 5.61. The van der Waals surface area contributed by atoms with E-state index in [0.717, 1.165) is 30.8 Å². The summed E-state index contributed by atoms with van der Waals surface area (Å²) < 4.78 is 1.13. The molecule has 0 fully saturated rings. The summed E-state index contributed by atoms with van der Waals surface area (Å²) in [5.41, 5.74) is 8.94. The van der Waals surface area contributed by atoms with Gasteiger partial charge >= 0.3 is 0 Å². The van der Waals surface area contributed by atoms with Crippen LogP contribution in [0.1, 0.15) is 5.56 Å².